The van der Waals surface area contributed by atoms with E-state index in [1.807, 2.05) is 10.6 Å². The van der Waals surface area contributed by atoms with E-state index in [1.165, 1.54) is 25.0 Å². The molecule has 1 aliphatic rings. The Morgan fingerprint density at radius 1 is 1.29 bits per heavy atom. The molecule has 1 aliphatic carbocycles. The van der Waals surface area contributed by atoms with Crippen molar-refractivity contribution in [2.75, 3.05) is 5.73 Å². The second-order valence-electron chi connectivity index (χ2n) is 5.59. The fraction of sp³-hybridized carbons (Fsp3) is 0.353. The van der Waals surface area contributed by atoms with Crippen LogP contribution in [0.1, 0.15) is 37.4 Å². The highest BCUT2D eigenvalue weighted by atomic mass is 19.1. The van der Waals surface area contributed by atoms with Crippen molar-refractivity contribution in [3.63, 3.8) is 0 Å². The number of nitrogen functional groups attached to an aromatic ring is 1. The molecule has 1 saturated carbocycles. The van der Waals surface area contributed by atoms with Crippen LogP contribution in [-0.2, 0) is 6.54 Å². The maximum absolute atomic E-state index is 13.1. The summed E-state index contributed by atoms with van der Waals surface area (Å²) in [6.45, 7) is 4.46. The summed E-state index contributed by atoms with van der Waals surface area (Å²) in [6.07, 6.45) is 6.66. The first kappa shape index (κ1) is 13.9. The lowest BCUT2D eigenvalue weighted by Crippen LogP contribution is -2.08. The van der Waals surface area contributed by atoms with Crippen LogP contribution < -0.4 is 5.73 Å². The molecule has 110 valence electrons. The number of nitrogens with two attached hydrogens (primary N) is 1. The van der Waals surface area contributed by atoms with E-state index >= 15 is 0 Å². The third kappa shape index (κ3) is 2.58. The van der Waals surface area contributed by atoms with Gasteiger partial charge in [0.25, 0.3) is 0 Å². The van der Waals surface area contributed by atoms with E-state index < -0.39 is 0 Å². The molecule has 2 aromatic rings. The Labute approximate surface area is 124 Å². The van der Waals surface area contributed by atoms with Gasteiger partial charge in [0.05, 0.1) is 0 Å². The van der Waals surface area contributed by atoms with Crippen molar-refractivity contribution in [2.45, 2.75) is 38.1 Å². The number of rotatable bonds is 4. The molecule has 0 unspecified atom stereocenters. The van der Waals surface area contributed by atoms with E-state index in [1.54, 1.807) is 12.1 Å². The molecule has 0 amide bonds. The van der Waals surface area contributed by atoms with Gasteiger partial charge in [0.2, 0.25) is 0 Å². The molecular formula is C17H20FN3. The summed E-state index contributed by atoms with van der Waals surface area (Å²) in [4.78, 5) is 4.78. The number of nitrogens with zero attached hydrogens (tertiary/aromatic N) is 2. The van der Waals surface area contributed by atoms with E-state index in [0.717, 1.165) is 29.9 Å². The number of allylic oxidation sites excluding steroid dienone is 1. The SMILES string of the molecule is C=CCn1c(C2CCCC2)nc(-c2ccc(F)cc2)c1N. The van der Waals surface area contributed by atoms with Crippen LogP contribution in [0.2, 0.25) is 0 Å². The zero-order valence-electron chi connectivity index (χ0n) is 12.1. The van der Waals surface area contributed by atoms with Crippen LogP contribution in [0.25, 0.3) is 11.3 Å². The fourth-order valence-corrected chi connectivity index (χ4v) is 3.12. The lowest BCUT2D eigenvalue weighted by atomic mass is 10.1. The molecule has 1 fully saturated rings. The molecule has 4 heteroatoms. The van der Waals surface area contributed by atoms with Gasteiger partial charge in [-0.25, -0.2) is 9.37 Å². The van der Waals surface area contributed by atoms with Gasteiger partial charge in [-0.3, -0.25) is 0 Å². The number of aromatic nitrogens is 2. The summed E-state index contributed by atoms with van der Waals surface area (Å²) in [7, 11) is 0. The van der Waals surface area contributed by atoms with Crippen LogP contribution in [0.4, 0.5) is 10.2 Å². The van der Waals surface area contributed by atoms with Crippen molar-refractivity contribution in [2.24, 2.45) is 0 Å². The average molecular weight is 285 g/mol. The largest absolute Gasteiger partial charge is 0.383 e. The molecule has 0 spiro atoms. The van der Waals surface area contributed by atoms with Crippen molar-refractivity contribution in [3.8, 4) is 11.3 Å². The van der Waals surface area contributed by atoms with E-state index in [-0.39, 0.29) is 5.82 Å². The topological polar surface area (TPSA) is 43.8 Å². The van der Waals surface area contributed by atoms with Crippen LogP contribution >= 0.6 is 0 Å². The second kappa shape index (κ2) is 5.72. The number of halogens is 1. The summed E-state index contributed by atoms with van der Waals surface area (Å²) in [6, 6.07) is 6.34. The Kier molecular flexibility index (Phi) is 3.78. The highest BCUT2D eigenvalue weighted by Crippen LogP contribution is 2.37. The number of hydrogen-bond acceptors (Lipinski definition) is 2. The zero-order chi connectivity index (χ0) is 14.8. The minimum atomic E-state index is -0.251. The molecule has 3 nitrogen and oxygen atoms in total. The van der Waals surface area contributed by atoms with Crippen molar-refractivity contribution in [1.82, 2.24) is 9.55 Å². The Balaban J connectivity index is 2.06. The normalized spacial score (nSPS) is 15.5. The fourth-order valence-electron chi connectivity index (χ4n) is 3.12. The van der Waals surface area contributed by atoms with Gasteiger partial charge in [-0.15, -0.1) is 6.58 Å². The molecule has 1 heterocycles. The van der Waals surface area contributed by atoms with Gasteiger partial charge < -0.3 is 10.3 Å². The predicted molar refractivity (Wildman–Crippen MR) is 83.4 cm³/mol. The summed E-state index contributed by atoms with van der Waals surface area (Å²) < 4.78 is 15.1. The lowest BCUT2D eigenvalue weighted by molar-refractivity contribution is 0.618. The third-order valence-electron chi connectivity index (χ3n) is 4.19. The van der Waals surface area contributed by atoms with Crippen LogP contribution in [0.3, 0.4) is 0 Å². The van der Waals surface area contributed by atoms with Crippen molar-refractivity contribution >= 4 is 5.82 Å². The molecule has 0 saturated heterocycles. The summed E-state index contributed by atoms with van der Waals surface area (Å²) in [5, 5.41) is 0. The van der Waals surface area contributed by atoms with Crippen molar-refractivity contribution in [3.05, 3.63) is 48.6 Å². The summed E-state index contributed by atoms with van der Waals surface area (Å²) in [5.41, 5.74) is 7.89. The lowest BCUT2D eigenvalue weighted by Gasteiger charge is -2.11. The van der Waals surface area contributed by atoms with Gasteiger partial charge in [-0.05, 0) is 37.1 Å². The van der Waals surface area contributed by atoms with Crippen LogP contribution in [0.15, 0.2) is 36.9 Å². The van der Waals surface area contributed by atoms with Crippen molar-refractivity contribution < 1.29 is 4.39 Å². The molecule has 0 radical (unpaired) electrons. The minimum Gasteiger partial charge on any atom is -0.383 e. The quantitative estimate of drug-likeness (QED) is 0.859. The molecule has 3 rings (SSSR count). The van der Waals surface area contributed by atoms with E-state index in [9.17, 15) is 4.39 Å². The number of benzene rings is 1. The third-order valence-corrected chi connectivity index (χ3v) is 4.19. The van der Waals surface area contributed by atoms with Gasteiger partial charge >= 0.3 is 0 Å². The van der Waals surface area contributed by atoms with Crippen LogP contribution in [0, 0.1) is 5.82 Å². The highest BCUT2D eigenvalue weighted by molar-refractivity contribution is 5.71. The number of hydrogen-bond donors (Lipinski definition) is 1. The Morgan fingerprint density at radius 3 is 2.57 bits per heavy atom. The van der Waals surface area contributed by atoms with Gasteiger partial charge in [0, 0.05) is 18.0 Å². The first-order valence-corrected chi connectivity index (χ1v) is 7.43. The molecule has 1 aromatic carbocycles. The average Bonchev–Trinajstić information content (AvgIpc) is 3.10. The first-order chi connectivity index (χ1) is 10.2. The van der Waals surface area contributed by atoms with Crippen molar-refractivity contribution in [1.29, 1.82) is 0 Å². The zero-order valence-corrected chi connectivity index (χ0v) is 12.1. The van der Waals surface area contributed by atoms with E-state index in [4.69, 9.17) is 10.7 Å². The molecule has 0 aliphatic heterocycles. The molecule has 2 N–H and O–H groups in total. The van der Waals surface area contributed by atoms with E-state index in [2.05, 4.69) is 6.58 Å². The highest BCUT2D eigenvalue weighted by Gasteiger charge is 2.25. The monoisotopic (exact) mass is 285 g/mol. The Hall–Kier alpha value is -2.10. The molecular weight excluding hydrogens is 265 g/mol. The maximum Gasteiger partial charge on any atom is 0.132 e. The Bertz CT molecular complexity index is 637. The number of anilines is 1. The van der Waals surface area contributed by atoms with Gasteiger partial charge in [0.15, 0.2) is 0 Å². The predicted octanol–water partition coefficient (Wildman–Crippen LogP) is 4.12. The molecule has 1 aromatic heterocycles. The van der Waals surface area contributed by atoms with Crippen LogP contribution in [0.5, 0.6) is 0 Å². The first-order valence-electron chi connectivity index (χ1n) is 7.43. The number of imidazole rings is 1. The molecule has 0 atom stereocenters. The molecule has 0 bridgehead atoms. The standard InChI is InChI=1S/C17H20FN3/c1-2-11-21-16(19)15(12-7-9-14(18)10-8-12)20-17(21)13-5-3-4-6-13/h2,7-10,13H,1,3-6,11,19H2. The van der Waals surface area contributed by atoms with Gasteiger partial charge in [0.1, 0.15) is 23.2 Å². The smallest absolute Gasteiger partial charge is 0.132 e. The minimum absolute atomic E-state index is 0.251. The molecule has 21 heavy (non-hydrogen) atoms. The van der Waals surface area contributed by atoms with Gasteiger partial charge in [-0.1, -0.05) is 18.9 Å². The van der Waals surface area contributed by atoms with Crippen LogP contribution in [-0.4, -0.2) is 9.55 Å². The summed E-state index contributed by atoms with van der Waals surface area (Å²) in [5.74, 6) is 1.91. The summed E-state index contributed by atoms with van der Waals surface area (Å²) >= 11 is 0. The van der Waals surface area contributed by atoms with E-state index in [0.29, 0.717) is 18.3 Å². The second-order valence-corrected chi connectivity index (χ2v) is 5.59. The van der Waals surface area contributed by atoms with Gasteiger partial charge in [-0.2, -0.15) is 0 Å². The Morgan fingerprint density at radius 2 is 1.95 bits per heavy atom. The maximum atomic E-state index is 13.1.